The van der Waals surface area contributed by atoms with Gasteiger partial charge < -0.3 is 37.9 Å². The maximum Gasteiger partial charge on any atom is 0.326 e. The minimum Gasteiger partial charge on any atom is -0.497 e. The van der Waals surface area contributed by atoms with Crippen molar-refractivity contribution in [3.05, 3.63) is 78.4 Å². The van der Waals surface area contributed by atoms with Gasteiger partial charge in [0.2, 0.25) is 0 Å². The number of aliphatic imine (C=N–C) groups is 3. The van der Waals surface area contributed by atoms with Crippen LogP contribution in [0.15, 0.2) is 55.8 Å². The Morgan fingerprint density at radius 1 is 0.654 bits per heavy atom. The maximum atomic E-state index is 13.5. The number of methoxy groups -OCH3 is 1. The second kappa shape index (κ2) is 22.0. The lowest BCUT2D eigenvalue weighted by atomic mass is 10.2. The van der Waals surface area contributed by atoms with Gasteiger partial charge in [-0.15, -0.1) is 0 Å². The Bertz CT molecular complexity index is 1700. The van der Waals surface area contributed by atoms with Crippen LogP contribution < -0.4 is 53.8 Å². The molecule has 0 heterocycles. The topological polar surface area (TPSA) is 248 Å². The van der Waals surface area contributed by atoms with E-state index < -0.39 is 23.9 Å². The predicted molar refractivity (Wildman–Crippen MR) is 212 cm³/mol. The Morgan fingerprint density at radius 2 is 1.04 bits per heavy atom. The maximum absolute atomic E-state index is 13.5. The molecular weight excluding hydrogens is 810 g/mol. The molecule has 0 aliphatic heterocycles. The zero-order valence-corrected chi connectivity index (χ0v) is 32.9. The van der Waals surface area contributed by atoms with E-state index in [9.17, 15) is 18.8 Å². The molecule has 12 N–H and O–H groups in total. The highest BCUT2D eigenvalue weighted by molar-refractivity contribution is 9.10. The van der Waals surface area contributed by atoms with Crippen LogP contribution in [0.1, 0.15) is 16.7 Å². The van der Waals surface area contributed by atoms with E-state index in [2.05, 4.69) is 62.8 Å². The van der Waals surface area contributed by atoms with E-state index in [0.717, 1.165) is 17.2 Å². The zero-order chi connectivity index (χ0) is 39.7. The number of aryl methyl sites for hydroxylation is 3. The number of ether oxygens (including phenoxy) is 1. The van der Waals surface area contributed by atoms with Crippen molar-refractivity contribution in [1.82, 2.24) is 16.0 Å². The third-order valence-corrected chi connectivity index (χ3v) is 7.52. The van der Waals surface area contributed by atoms with Gasteiger partial charge in [-0.2, -0.15) is 0 Å². The predicted octanol–water partition coefficient (Wildman–Crippen LogP) is 6.05. The molecule has 0 unspecified atom stereocenters. The van der Waals surface area contributed by atoms with E-state index >= 15 is 0 Å². The summed E-state index contributed by atoms with van der Waals surface area (Å²) in [5, 5.41) is 15.8. The molecule has 0 saturated carbocycles. The fourth-order valence-corrected chi connectivity index (χ4v) is 5.29. The summed E-state index contributed by atoms with van der Waals surface area (Å²) >= 11 is 20.9. The third-order valence-electron chi connectivity index (χ3n) is 6.16. The van der Waals surface area contributed by atoms with Gasteiger partial charge >= 0.3 is 18.1 Å². The van der Waals surface area contributed by atoms with Crippen LogP contribution in [0.25, 0.3) is 0 Å². The molecule has 52 heavy (non-hydrogen) atoms. The molecule has 0 aromatic heterocycles. The summed E-state index contributed by atoms with van der Waals surface area (Å²) in [6, 6.07) is 7.84. The van der Waals surface area contributed by atoms with E-state index in [-0.39, 0.29) is 28.6 Å². The van der Waals surface area contributed by atoms with Crippen molar-refractivity contribution in [2.45, 2.75) is 20.8 Å². The summed E-state index contributed by atoms with van der Waals surface area (Å²) in [7, 11) is 5.92. The lowest BCUT2D eigenvalue weighted by molar-refractivity contribution is 0.255. The van der Waals surface area contributed by atoms with Gasteiger partial charge in [0.25, 0.3) is 0 Å². The summed E-state index contributed by atoms with van der Waals surface area (Å²) in [5.41, 5.74) is 19.4. The van der Waals surface area contributed by atoms with Crippen molar-refractivity contribution < 1.29 is 23.5 Å². The first-order valence-electron chi connectivity index (χ1n) is 14.5. The molecule has 21 heteroatoms. The van der Waals surface area contributed by atoms with Gasteiger partial charge in [-0.3, -0.25) is 30.9 Å². The number of anilines is 3. The molecule has 0 aliphatic rings. The molecular formula is C31H39BrCl3FN12O4. The number of hydrogen-bond donors (Lipinski definition) is 9. The third kappa shape index (κ3) is 15.5. The molecule has 3 rings (SSSR count). The number of urea groups is 3. The van der Waals surface area contributed by atoms with Crippen LogP contribution in [0.3, 0.4) is 0 Å². The van der Waals surface area contributed by atoms with Crippen LogP contribution in [0.5, 0.6) is 5.75 Å². The summed E-state index contributed by atoms with van der Waals surface area (Å²) < 4.78 is 19.3. The van der Waals surface area contributed by atoms with Gasteiger partial charge in [-0.25, -0.2) is 18.8 Å². The molecule has 282 valence electrons. The number of guanidine groups is 3. The van der Waals surface area contributed by atoms with Crippen LogP contribution in [0.4, 0.5) is 35.8 Å². The Hall–Kier alpha value is -5.04. The number of rotatable bonds is 4. The molecule has 3 aromatic carbocycles. The van der Waals surface area contributed by atoms with Crippen molar-refractivity contribution in [2.75, 3.05) is 44.2 Å². The molecule has 16 nitrogen and oxygen atoms in total. The van der Waals surface area contributed by atoms with Gasteiger partial charge in [0.1, 0.15) is 11.6 Å². The fourth-order valence-electron chi connectivity index (χ4n) is 3.66. The SMILES string of the molecule is CN=C(N)NC(=O)Nc1c(C)cc(Cl)cc1Br.CN=C(N)NC(=O)Nc1c(C)cc(Cl)cc1F.CN=C(N)NC(=O)Nc1c(C)cc(OC)cc1Cl. The first kappa shape index (κ1) is 45.0. The smallest absolute Gasteiger partial charge is 0.326 e. The molecule has 0 fully saturated rings. The van der Waals surface area contributed by atoms with Crippen LogP contribution >= 0.6 is 50.7 Å². The monoisotopic (exact) mass is 846 g/mol. The van der Waals surface area contributed by atoms with Crippen LogP contribution in [-0.4, -0.2) is 64.2 Å². The van der Waals surface area contributed by atoms with Gasteiger partial charge in [-0.1, -0.05) is 34.8 Å². The standard InChI is InChI=1S/C11H15ClN4O2.C10H12BrClN4O.C10H12ClFN4O/c1-6-4-7(18-3)5-8(12)9(6)15-11(17)16-10(13)14-2;1-5-3-6(12)4-7(11)8(5)15-10(17)16-9(13)14-2;1-5-3-6(11)4-7(12)8(5)15-10(17)16-9(13)14-2/h4-5H,1-3H3,(H4,13,14,15,16,17);2*3-4H,1-2H3,(H4,13,14,15,16,17). The average molecular weight is 849 g/mol. The Kier molecular flexibility index (Phi) is 19.0. The Morgan fingerprint density at radius 3 is 1.42 bits per heavy atom. The fraction of sp³-hybridized carbons (Fsp3) is 0.226. The van der Waals surface area contributed by atoms with Crippen LogP contribution in [-0.2, 0) is 0 Å². The molecule has 0 saturated heterocycles. The van der Waals surface area contributed by atoms with Gasteiger partial charge in [0, 0.05) is 41.7 Å². The highest BCUT2D eigenvalue weighted by Crippen LogP contribution is 2.31. The average Bonchev–Trinajstić information content (AvgIpc) is 3.06. The normalized spacial score (nSPS) is 11.1. The van der Waals surface area contributed by atoms with E-state index in [4.69, 9.17) is 56.7 Å². The first-order valence-corrected chi connectivity index (χ1v) is 16.4. The van der Waals surface area contributed by atoms with Crippen LogP contribution in [0.2, 0.25) is 15.1 Å². The second-order valence-corrected chi connectivity index (χ2v) is 12.2. The molecule has 0 bridgehead atoms. The number of amides is 6. The van der Waals surface area contributed by atoms with Crippen LogP contribution in [0, 0.1) is 26.6 Å². The second-order valence-electron chi connectivity index (χ2n) is 10.0. The number of carbonyl (C=O) groups is 3. The molecule has 0 radical (unpaired) electrons. The lowest BCUT2D eigenvalue weighted by Gasteiger charge is -2.12. The first-order chi connectivity index (χ1) is 24.3. The Labute approximate surface area is 323 Å². The highest BCUT2D eigenvalue weighted by atomic mass is 79.9. The number of halogens is 5. The van der Waals surface area contributed by atoms with E-state index in [1.54, 1.807) is 45.2 Å². The molecule has 0 aliphatic carbocycles. The number of nitrogens with zero attached hydrogens (tertiary/aromatic N) is 3. The zero-order valence-electron chi connectivity index (χ0n) is 29.1. The molecule has 6 amide bonds. The lowest BCUT2D eigenvalue weighted by Crippen LogP contribution is -2.39. The van der Waals surface area contributed by atoms with E-state index in [1.165, 1.54) is 27.2 Å². The largest absolute Gasteiger partial charge is 0.497 e. The van der Waals surface area contributed by atoms with E-state index in [0.29, 0.717) is 37.2 Å². The summed E-state index contributed by atoms with van der Waals surface area (Å²) in [4.78, 5) is 45.3. The van der Waals surface area contributed by atoms with Gasteiger partial charge in [0.05, 0.1) is 29.2 Å². The minimum absolute atomic E-state index is 0.0230. The highest BCUT2D eigenvalue weighted by Gasteiger charge is 2.13. The van der Waals surface area contributed by atoms with Crippen molar-refractivity contribution in [3.63, 3.8) is 0 Å². The van der Waals surface area contributed by atoms with Crippen molar-refractivity contribution >= 4 is 104 Å². The Balaban J connectivity index is 0.000000390. The molecule has 3 aromatic rings. The summed E-state index contributed by atoms with van der Waals surface area (Å²) in [6.07, 6.45) is 0. The minimum atomic E-state index is -0.669. The summed E-state index contributed by atoms with van der Waals surface area (Å²) in [6.45, 7) is 5.27. The van der Waals surface area contributed by atoms with Crippen molar-refractivity contribution in [2.24, 2.45) is 32.2 Å². The van der Waals surface area contributed by atoms with Crippen molar-refractivity contribution in [1.29, 1.82) is 0 Å². The molecule has 0 atom stereocenters. The van der Waals surface area contributed by atoms with Crippen molar-refractivity contribution in [3.8, 4) is 5.75 Å². The number of benzene rings is 3. The quantitative estimate of drug-likeness (QED) is 0.111. The van der Waals surface area contributed by atoms with Gasteiger partial charge in [-0.05, 0) is 83.7 Å². The number of carbonyl (C=O) groups excluding carboxylic acids is 3. The molecule has 0 spiro atoms. The van der Waals surface area contributed by atoms with E-state index in [1.807, 2.05) is 6.92 Å². The number of hydrogen-bond acceptors (Lipinski definition) is 7. The van der Waals surface area contributed by atoms with Gasteiger partial charge in [0.15, 0.2) is 17.9 Å². The number of nitrogens with two attached hydrogens (primary N) is 3. The number of nitrogens with one attached hydrogen (secondary N) is 6. The summed E-state index contributed by atoms with van der Waals surface area (Å²) in [5.74, 6) is 0.0183.